The molecule has 1 N–H and O–H groups in total. The van der Waals surface area contributed by atoms with Crippen molar-refractivity contribution in [1.29, 1.82) is 0 Å². The topological polar surface area (TPSA) is 23.5 Å². The average molecular weight is 191 g/mol. The summed E-state index contributed by atoms with van der Waals surface area (Å²) in [5.74, 6) is 0. The number of nitrogens with zero attached hydrogens (tertiary/aromatic N) is 1. The van der Waals surface area contributed by atoms with Gasteiger partial charge in [-0.2, -0.15) is 0 Å². The van der Waals surface area contributed by atoms with Crippen molar-refractivity contribution in [2.45, 2.75) is 26.5 Å². The Morgan fingerprint density at radius 2 is 2.07 bits per heavy atom. The van der Waals surface area contributed by atoms with E-state index in [0.717, 1.165) is 19.6 Å². The fourth-order valence-electron chi connectivity index (χ4n) is 1.90. The quantitative estimate of drug-likeness (QED) is 0.765. The summed E-state index contributed by atoms with van der Waals surface area (Å²) in [6.07, 6.45) is -0.0971. The number of hydrogen-bond acceptors (Lipinski definition) is 2. The number of β-amino-alcohol motifs (C(OH)–C–C–N with tert-alkyl or cyclic N) is 1. The van der Waals surface area contributed by atoms with Crippen LogP contribution >= 0.6 is 0 Å². The van der Waals surface area contributed by atoms with E-state index < -0.39 is 0 Å². The van der Waals surface area contributed by atoms with Crippen LogP contribution in [0.2, 0.25) is 0 Å². The first kappa shape index (κ1) is 9.69. The van der Waals surface area contributed by atoms with Gasteiger partial charge in [-0.25, -0.2) is 0 Å². The van der Waals surface area contributed by atoms with Crippen molar-refractivity contribution in [2.75, 3.05) is 13.1 Å². The first-order valence-electron chi connectivity index (χ1n) is 5.12. The molecule has 0 radical (unpaired) electrons. The van der Waals surface area contributed by atoms with E-state index in [1.165, 1.54) is 16.7 Å². The van der Waals surface area contributed by atoms with Gasteiger partial charge in [0, 0.05) is 19.6 Å². The normalized spacial score (nSPS) is 18.2. The molecule has 1 aliphatic rings. The minimum Gasteiger partial charge on any atom is -0.390 e. The molecule has 0 amide bonds. The van der Waals surface area contributed by atoms with E-state index in [9.17, 15) is 5.11 Å². The van der Waals surface area contributed by atoms with E-state index in [1.54, 1.807) is 0 Å². The monoisotopic (exact) mass is 191 g/mol. The van der Waals surface area contributed by atoms with Gasteiger partial charge in [0.1, 0.15) is 0 Å². The van der Waals surface area contributed by atoms with Gasteiger partial charge in [0.2, 0.25) is 0 Å². The van der Waals surface area contributed by atoms with Crippen LogP contribution in [0.25, 0.3) is 0 Å². The molecule has 1 aromatic rings. The van der Waals surface area contributed by atoms with Crippen LogP contribution in [0.15, 0.2) is 18.2 Å². The lowest BCUT2D eigenvalue weighted by atomic mass is 10.0. The van der Waals surface area contributed by atoms with Crippen molar-refractivity contribution in [3.63, 3.8) is 0 Å². The Kier molecular flexibility index (Phi) is 2.57. The zero-order chi connectivity index (χ0) is 10.1. The fraction of sp³-hybridized carbons (Fsp3) is 0.500. The highest BCUT2D eigenvalue weighted by atomic mass is 16.3. The first-order valence-corrected chi connectivity index (χ1v) is 5.12. The van der Waals surface area contributed by atoms with E-state index in [0.29, 0.717) is 0 Å². The third kappa shape index (κ3) is 1.81. The van der Waals surface area contributed by atoms with Crippen molar-refractivity contribution < 1.29 is 5.11 Å². The van der Waals surface area contributed by atoms with Gasteiger partial charge in [0.15, 0.2) is 0 Å². The third-order valence-electron chi connectivity index (χ3n) is 3.05. The SMILES string of the molecule is Cc1cccc(CN2CC(O)C2)c1C. The Labute approximate surface area is 85.2 Å². The number of rotatable bonds is 2. The van der Waals surface area contributed by atoms with Gasteiger partial charge in [-0.1, -0.05) is 18.2 Å². The van der Waals surface area contributed by atoms with Crippen LogP contribution in [0.4, 0.5) is 0 Å². The predicted octanol–water partition coefficient (Wildman–Crippen LogP) is 1.48. The second-order valence-corrected chi connectivity index (χ2v) is 4.21. The molecule has 1 aromatic carbocycles. The van der Waals surface area contributed by atoms with Crippen LogP contribution < -0.4 is 0 Å². The Bertz CT molecular complexity index is 329. The van der Waals surface area contributed by atoms with Gasteiger partial charge >= 0.3 is 0 Å². The zero-order valence-electron chi connectivity index (χ0n) is 8.83. The van der Waals surface area contributed by atoms with E-state index in [1.807, 2.05) is 0 Å². The molecular weight excluding hydrogens is 174 g/mol. The Morgan fingerprint density at radius 3 is 2.71 bits per heavy atom. The molecule has 1 fully saturated rings. The second kappa shape index (κ2) is 3.71. The van der Waals surface area contributed by atoms with Crippen molar-refractivity contribution in [2.24, 2.45) is 0 Å². The second-order valence-electron chi connectivity index (χ2n) is 4.21. The summed E-state index contributed by atoms with van der Waals surface area (Å²) < 4.78 is 0. The highest BCUT2D eigenvalue weighted by Gasteiger charge is 2.24. The van der Waals surface area contributed by atoms with Crippen LogP contribution in [-0.4, -0.2) is 29.2 Å². The van der Waals surface area contributed by atoms with Crippen molar-refractivity contribution in [3.8, 4) is 0 Å². The van der Waals surface area contributed by atoms with Crippen molar-refractivity contribution in [1.82, 2.24) is 4.90 Å². The van der Waals surface area contributed by atoms with E-state index in [4.69, 9.17) is 0 Å². The zero-order valence-corrected chi connectivity index (χ0v) is 8.83. The minimum atomic E-state index is -0.0971. The number of aryl methyl sites for hydroxylation is 1. The van der Waals surface area contributed by atoms with Crippen LogP contribution in [0, 0.1) is 13.8 Å². The van der Waals surface area contributed by atoms with Gasteiger partial charge < -0.3 is 5.11 Å². The Morgan fingerprint density at radius 1 is 1.36 bits per heavy atom. The van der Waals surface area contributed by atoms with Crippen molar-refractivity contribution in [3.05, 3.63) is 34.9 Å². The molecule has 0 bridgehead atoms. The number of aliphatic hydroxyl groups is 1. The van der Waals surface area contributed by atoms with E-state index in [2.05, 4.69) is 36.9 Å². The summed E-state index contributed by atoms with van der Waals surface area (Å²) in [5.41, 5.74) is 4.12. The molecule has 0 saturated carbocycles. The maximum atomic E-state index is 9.18. The van der Waals surface area contributed by atoms with Crippen molar-refractivity contribution >= 4 is 0 Å². The lowest BCUT2D eigenvalue weighted by molar-refractivity contribution is -0.00297. The molecule has 0 spiro atoms. The largest absolute Gasteiger partial charge is 0.390 e. The van der Waals surface area contributed by atoms with E-state index in [-0.39, 0.29) is 6.10 Å². The standard InChI is InChI=1S/C12H17NO/c1-9-4-3-5-11(10(9)2)6-13-7-12(14)8-13/h3-5,12,14H,6-8H2,1-2H3. The molecule has 0 aromatic heterocycles. The van der Waals surface area contributed by atoms with Gasteiger partial charge in [0.05, 0.1) is 6.10 Å². The number of aliphatic hydroxyl groups excluding tert-OH is 1. The molecule has 0 unspecified atom stereocenters. The molecule has 2 heteroatoms. The summed E-state index contributed by atoms with van der Waals surface area (Å²) in [5, 5.41) is 9.18. The highest BCUT2D eigenvalue weighted by Crippen LogP contribution is 2.18. The molecule has 76 valence electrons. The molecule has 0 atom stereocenters. The lowest BCUT2D eigenvalue weighted by Gasteiger charge is -2.36. The first-order chi connectivity index (χ1) is 6.66. The molecule has 1 heterocycles. The Hall–Kier alpha value is -0.860. The van der Waals surface area contributed by atoms with Gasteiger partial charge in [-0.3, -0.25) is 4.90 Å². The lowest BCUT2D eigenvalue weighted by Crippen LogP contribution is -2.49. The summed E-state index contributed by atoms with van der Waals surface area (Å²) in [6.45, 7) is 6.94. The summed E-state index contributed by atoms with van der Waals surface area (Å²) in [6, 6.07) is 6.42. The summed E-state index contributed by atoms with van der Waals surface area (Å²) >= 11 is 0. The number of hydrogen-bond donors (Lipinski definition) is 1. The predicted molar refractivity (Wildman–Crippen MR) is 57.2 cm³/mol. The van der Waals surface area contributed by atoms with Crippen LogP contribution in [0.1, 0.15) is 16.7 Å². The Balaban J connectivity index is 2.06. The maximum Gasteiger partial charge on any atom is 0.0794 e. The molecule has 0 aliphatic carbocycles. The number of benzene rings is 1. The molecular formula is C12H17NO. The van der Waals surface area contributed by atoms with E-state index >= 15 is 0 Å². The summed E-state index contributed by atoms with van der Waals surface area (Å²) in [7, 11) is 0. The summed E-state index contributed by atoms with van der Waals surface area (Å²) in [4.78, 5) is 2.27. The molecule has 1 saturated heterocycles. The van der Waals surface area contributed by atoms with Crippen LogP contribution in [-0.2, 0) is 6.54 Å². The fourth-order valence-corrected chi connectivity index (χ4v) is 1.90. The van der Waals surface area contributed by atoms with Gasteiger partial charge in [-0.15, -0.1) is 0 Å². The minimum absolute atomic E-state index is 0.0971. The van der Waals surface area contributed by atoms with Gasteiger partial charge in [-0.05, 0) is 30.5 Å². The maximum absolute atomic E-state index is 9.18. The van der Waals surface area contributed by atoms with Crippen LogP contribution in [0.5, 0.6) is 0 Å². The molecule has 2 rings (SSSR count). The molecule has 1 aliphatic heterocycles. The average Bonchev–Trinajstić information content (AvgIpc) is 2.10. The van der Waals surface area contributed by atoms with Gasteiger partial charge in [0.25, 0.3) is 0 Å². The van der Waals surface area contributed by atoms with Crippen LogP contribution in [0.3, 0.4) is 0 Å². The third-order valence-corrected chi connectivity index (χ3v) is 3.05. The smallest absolute Gasteiger partial charge is 0.0794 e. The molecule has 2 nitrogen and oxygen atoms in total. The molecule has 14 heavy (non-hydrogen) atoms. The number of likely N-dealkylation sites (tertiary alicyclic amines) is 1. The highest BCUT2D eigenvalue weighted by molar-refractivity contribution is 5.33.